The summed E-state index contributed by atoms with van der Waals surface area (Å²) in [6.45, 7) is 3.15. The fourth-order valence-electron chi connectivity index (χ4n) is 3.10. The van der Waals surface area contributed by atoms with Crippen molar-refractivity contribution >= 4 is 0 Å². The molecule has 2 fully saturated rings. The van der Waals surface area contributed by atoms with Crippen molar-refractivity contribution in [3.05, 3.63) is 0 Å². The highest BCUT2D eigenvalue weighted by atomic mass is 16.5. The summed E-state index contributed by atoms with van der Waals surface area (Å²) in [7, 11) is 0. The molecule has 2 aliphatic rings. The van der Waals surface area contributed by atoms with Gasteiger partial charge in [-0.2, -0.15) is 0 Å². The third-order valence-electron chi connectivity index (χ3n) is 4.16. The molecule has 15 heavy (non-hydrogen) atoms. The first kappa shape index (κ1) is 11.4. The SMILES string of the molecule is CC1CCC(CN)C(OC2CCCC2)C1. The van der Waals surface area contributed by atoms with Crippen molar-refractivity contribution < 1.29 is 4.74 Å². The summed E-state index contributed by atoms with van der Waals surface area (Å²) in [4.78, 5) is 0. The second kappa shape index (κ2) is 5.31. The van der Waals surface area contributed by atoms with E-state index in [-0.39, 0.29) is 0 Å². The highest BCUT2D eigenvalue weighted by molar-refractivity contribution is 4.82. The molecule has 88 valence electrons. The normalized spacial score (nSPS) is 38.4. The second-order valence-corrected chi connectivity index (χ2v) is 5.50. The first-order chi connectivity index (χ1) is 7.29. The van der Waals surface area contributed by atoms with Crippen LogP contribution in [0.5, 0.6) is 0 Å². The fraction of sp³-hybridized carbons (Fsp3) is 1.00. The largest absolute Gasteiger partial charge is 0.375 e. The van der Waals surface area contributed by atoms with Crippen LogP contribution in [0.4, 0.5) is 0 Å². The molecule has 2 aliphatic carbocycles. The fourth-order valence-corrected chi connectivity index (χ4v) is 3.10. The maximum Gasteiger partial charge on any atom is 0.0621 e. The van der Waals surface area contributed by atoms with Gasteiger partial charge in [0.05, 0.1) is 12.2 Å². The number of ether oxygens (including phenoxy) is 1. The quantitative estimate of drug-likeness (QED) is 0.779. The second-order valence-electron chi connectivity index (χ2n) is 5.50. The predicted octanol–water partition coefficient (Wildman–Crippen LogP) is 2.71. The lowest BCUT2D eigenvalue weighted by Crippen LogP contribution is -2.37. The summed E-state index contributed by atoms with van der Waals surface area (Å²) < 4.78 is 6.25. The molecule has 2 heteroatoms. The van der Waals surface area contributed by atoms with Crippen LogP contribution in [0, 0.1) is 11.8 Å². The van der Waals surface area contributed by atoms with Crippen molar-refractivity contribution in [3.63, 3.8) is 0 Å². The molecule has 0 heterocycles. The smallest absolute Gasteiger partial charge is 0.0621 e. The minimum Gasteiger partial charge on any atom is -0.375 e. The van der Waals surface area contributed by atoms with Crippen molar-refractivity contribution in [2.75, 3.05) is 6.54 Å². The Labute approximate surface area is 93.6 Å². The molecule has 0 saturated heterocycles. The van der Waals surface area contributed by atoms with Crippen LogP contribution >= 0.6 is 0 Å². The van der Waals surface area contributed by atoms with Crippen molar-refractivity contribution in [3.8, 4) is 0 Å². The summed E-state index contributed by atoms with van der Waals surface area (Å²) in [5.74, 6) is 1.46. The zero-order valence-corrected chi connectivity index (χ0v) is 9.95. The molecular formula is C13H25NO. The Hall–Kier alpha value is -0.0800. The zero-order valence-electron chi connectivity index (χ0n) is 9.95. The van der Waals surface area contributed by atoms with E-state index in [0.717, 1.165) is 12.5 Å². The lowest BCUT2D eigenvalue weighted by molar-refractivity contribution is -0.0638. The molecule has 0 amide bonds. The van der Waals surface area contributed by atoms with Gasteiger partial charge in [0.2, 0.25) is 0 Å². The van der Waals surface area contributed by atoms with E-state index < -0.39 is 0 Å². The van der Waals surface area contributed by atoms with E-state index in [9.17, 15) is 0 Å². The van der Waals surface area contributed by atoms with Crippen molar-refractivity contribution in [2.24, 2.45) is 17.6 Å². The molecule has 0 radical (unpaired) electrons. The lowest BCUT2D eigenvalue weighted by atomic mass is 9.80. The summed E-state index contributed by atoms with van der Waals surface area (Å²) in [5.41, 5.74) is 5.83. The third kappa shape index (κ3) is 2.94. The maximum absolute atomic E-state index is 6.25. The van der Waals surface area contributed by atoms with Crippen molar-refractivity contribution in [2.45, 2.75) is 64.1 Å². The summed E-state index contributed by atoms with van der Waals surface area (Å²) >= 11 is 0. The summed E-state index contributed by atoms with van der Waals surface area (Å²) in [6.07, 6.45) is 10.1. The molecule has 2 rings (SSSR count). The standard InChI is InChI=1S/C13H25NO/c1-10-6-7-11(9-14)13(8-10)15-12-4-2-3-5-12/h10-13H,2-9,14H2,1H3. The van der Waals surface area contributed by atoms with Gasteiger partial charge in [0.1, 0.15) is 0 Å². The van der Waals surface area contributed by atoms with Gasteiger partial charge in [-0.1, -0.05) is 26.2 Å². The average Bonchev–Trinajstić information content (AvgIpc) is 2.71. The molecule has 3 atom stereocenters. The van der Waals surface area contributed by atoms with Crippen LogP contribution in [0.25, 0.3) is 0 Å². The Bertz CT molecular complexity index is 189. The van der Waals surface area contributed by atoms with Gasteiger partial charge in [0.15, 0.2) is 0 Å². The van der Waals surface area contributed by atoms with Gasteiger partial charge >= 0.3 is 0 Å². The molecule has 0 aromatic carbocycles. The van der Waals surface area contributed by atoms with E-state index in [0.29, 0.717) is 18.1 Å². The Morgan fingerprint density at radius 1 is 1.13 bits per heavy atom. The number of nitrogens with two attached hydrogens (primary N) is 1. The molecule has 3 unspecified atom stereocenters. The Morgan fingerprint density at radius 2 is 1.87 bits per heavy atom. The average molecular weight is 211 g/mol. The molecule has 0 aromatic heterocycles. The molecule has 0 spiro atoms. The van der Waals surface area contributed by atoms with Crippen LogP contribution in [0.15, 0.2) is 0 Å². The predicted molar refractivity (Wildman–Crippen MR) is 62.7 cm³/mol. The maximum atomic E-state index is 6.25. The van der Waals surface area contributed by atoms with E-state index in [1.165, 1.54) is 44.9 Å². The van der Waals surface area contributed by atoms with Crippen molar-refractivity contribution in [1.29, 1.82) is 0 Å². The summed E-state index contributed by atoms with van der Waals surface area (Å²) in [5, 5.41) is 0. The Kier molecular flexibility index (Phi) is 4.04. The number of rotatable bonds is 3. The molecule has 2 nitrogen and oxygen atoms in total. The van der Waals surface area contributed by atoms with E-state index in [1.54, 1.807) is 0 Å². The first-order valence-electron chi connectivity index (χ1n) is 6.65. The zero-order chi connectivity index (χ0) is 10.7. The first-order valence-corrected chi connectivity index (χ1v) is 6.65. The Balaban J connectivity index is 1.85. The lowest BCUT2D eigenvalue weighted by Gasteiger charge is -2.35. The van der Waals surface area contributed by atoms with Crippen LogP contribution in [0.2, 0.25) is 0 Å². The van der Waals surface area contributed by atoms with E-state index in [1.807, 2.05) is 0 Å². The highest BCUT2D eigenvalue weighted by Gasteiger charge is 2.31. The molecular weight excluding hydrogens is 186 g/mol. The van der Waals surface area contributed by atoms with E-state index in [4.69, 9.17) is 10.5 Å². The van der Waals surface area contributed by atoms with Crippen LogP contribution in [-0.4, -0.2) is 18.8 Å². The Morgan fingerprint density at radius 3 is 2.53 bits per heavy atom. The van der Waals surface area contributed by atoms with Gasteiger partial charge in [0.25, 0.3) is 0 Å². The van der Waals surface area contributed by atoms with E-state index in [2.05, 4.69) is 6.92 Å². The third-order valence-corrected chi connectivity index (χ3v) is 4.16. The van der Waals surface area contributed by atoms with Crippen LogP contribution in [-0.2, 0) is 4.74 Å². The number of hydrogen-bond donors (Lipinski definition) is 1. The molecule has 0 aromatic rings. The van der Waals surface area contributed by atoms with Gasteiger partial charge in [-0.3, -0.25) is 0 Å². The van der Waals surface area contributed by atoms with Crippen molar-refractivity contribution in [1.82, 2.24) is 0 Å². The topological polar surface area (TPSA) is 35.2 Å². The molecule has 0 bridgehead atoms. The van der Waals surface area contributed by atoms with Gasteiger partial charge in [-0.25, -0.2) is 0 Å². The number of hydrogen-bond acceptors (Lipinski definition) is 2. The van der Waals surface area contributed by atoms with Crippen LogP contribution < -0.4 is 5.73 Å². The highest BCUT2D eigenvalue weighted by Crippen LogP contribution is 2.33. The molecule has 2 saturated carbocycles. The molecule has 2 N–H and O–H groups in total. The van der Waals surface area contributed by atoms with Crippen LogP contribution in [0.3, 0.4) is 0 Å². The van der Waals surface area contributed by atoms with Gasteiger partial charge in [0, 0.05) is 0 Å². The minimum absolute atomic E-state index is 0.460. The monoisotopic (exact) mass is 211 g/mol. The minimum atomic E-state index is 0.460. The molecule has 0 aliphatic heterocycles. The summed E-state index contributed by atoms with van der Waals surface area (Å²) in [6, 6.07) is 0. The van der Waals surface area contributed by atoms with Gasteiger partial charge < -0.3 is 10.5 Å². The van der Waals surface area contributed by atoms with Crippen LogP contribution in [0.1, 0.15) is 51.9 Å². The van der Waals surface area contributed by atoms with E-state index >= 15 is 0 Å². The van der Waals surface area contributed by atoms with Gasteiger partial charge in [-0.15, -0.1) is 0 Å². The van der Waals surface area contributed by atoms with Gasteiger partial charge in [-0.05, 0) is 44.1 Å².